The van der Waals surface area contributed by atoms with Gasteiger partial charge in [-0.3, -0.25) is 4.79 Å². The van der Waals surface area contributed by atoms with Crippen molar-refractivity contribution in [1.82, 2.24) is 19.3 Å². The minimum absolute atomic E-state index is 0.0642. The lowest BCUT2D eigenvalue weighted by Gasteiger charge is -2.37. The molecule has 1 aliphatic heterocycles. The monoisotopic (exact) mass is 375 g/mol. The molecule has 5 rings (SSSR count). The van der Waals surface area contributed by atoms with Crippen molar-refractivity contribution in [2.75, 3.05) is 31.1 Å². The summed E-state index contributed by atoms with van der Waals surface area (Å²) in [5.41, 5.74) is 4.59. The molecule has 1 saturated heterocycles. The van der Waals surface area contributed by atoms with Crippen LogP contribution in [0.2, 0.25) is 0 Å². The highest BCUT2D eigenvalue weighted by atomic mass is 16.2. The summed E-state index contributed by atoms with van der Waals surface area (Å²) in [6.45, 7) is 5.32. The Labute approximate surface area is 164 Å². The molecule has 1 fully saturated rings. The summed E-state index contributed by atoms with van der Waals surface area (Å²) in [4.78, 5) is 26.7. The molecule has 4 heterocycles. The summed E-state index contributed by atoms with van der Waals surface area (Å²) in [7, 11) is 0. The van der Waals surface area contributed by atoms with Gasteiger partial charge < -0.3 is 14.2 Å². The standard InChI is InChI=1S/C22H25N5O/c1-16-5-8-21-24-18-7-6-17(14-19(18)27(21)15-16)22(28)26-12-10-25(11-13-26)20-4-2-3-9-23-20/h2-5,8-9,15,17H,6-7,10-14H2,1H3. The van der Waals surface area contributed by atoms with Crippen LogP contribution >= 0.6 is 0 Å². The fourth-order valence-electron chi connectivity index (χ4n) is 4.48. The molecule has 28 heavy (non-hydrogen) atoms. The quantitative estimate of drug-likeness (QED) is 0.691. The van der Waals surface area contributed by atoms with Crippen LogP contribution in [0.5, 0.6) is 0 Å². The van der Waals surface area contributed by atoms with E-state index in [4.69, 9.17) is 4.98 Å². The average Bonchev–Trinajstić information content (AvgIpc) is 3.11. The lowest BCUT2D eigenvalue weighted by molar-refractivity contribution is -0.136. The molecular weight excluding hydrogens is 350 g/mol. The van der Waals surface area contributed by atoms with E-state index in [-0.39, 0.29) is 5.92 Å². The Morgan fingerprint density at radius 2 is 1.96 bits per heavy atom. The number of piperazine rings is 1. The van der Waals surface area contributed by atoms with Crippen molar-refractivity contribution >= 4 is 17.4 Å². The number of anilines is 1. The Balaban J connectivity index is 1.28. The third-order valence-electron chi connectivity index (χ3n) is 6.03. The molecule has 1 amide bonds. The van der Waals surface area contributed by atoms with Crippen LogP contribution in [-0.2, 0) is 17.6 Å². The van der Waals surface area contributed by atoms with E-state index in [1.54, 1.807) is 0 Å². The second-order valence-corrected chi connectivity index (χ2v) is 7.88. The number of nitrogens with zero attached hydrogens (tertiary/aromatic N) is 5. The number of aromatic nitrogens is 3. The van der Waals surface area contributed by atoms with Crippen LogP contribution in [0.25, 0.3) is 5.65 Å². The third-order valence-corrected chi connectivity index (χ3v) is 6.03. The molecule has 6 nitrogen and oxygen atoms in total. The Morgan fingerprint density at radius 1 is 1.11 bits per heavy atom. The minimum atomic E-state index is 0.0642. The first-order valence-corrected chi connectivity index (χ1v) is 10.1. The molecule has 1 atom stereocenters. The Morgan fingerprint density at radius 3 is 2.75 bits per heavy atom. The first kappa shape index (κ1) is 17.2. The third kappa shape index (κ3) is 3.03. The number of imidazole rings is 1. The predicted molar refractivity (Wildman–Crippen MR) is 108 cm³/mol. The number of pyridine rings is 2. The second kappa shape index (κ2) is 6.93. The van der Waals surface area contributed by atoms with E-state index in [1.807, 2.05) is 29.3 Å². The average molecular weight is 375 g/mol. The summed E-state index contributed by atoms with van der Waals surface area (Å²) >= 11 is 0. The highest BCUT2D eigenvalue weighted by molar-refractivity contribution is 5.80. The SMILES string of the molecule is Cc1ccc2nc3c(n2c1)CC(C(=O)N1CCN(c2ccccn2)CC1)CC3. The van der Waals surface area contributed by atoms with E-state index in [9.17, 15) is 4.79 Å². The van der Waals surface area contributed by atoms with Crippen molar-refractivity contribution in [3.8, 4) is 0 Å². The van der Waals surface area contributed by atoms with E-state index >= 15 is 0 Å². The topological polar surface area (TPSA) is 53.7 Å². The zero-order valence-electron chi connectivity index (χ0n) is 16.2. The van der Waals surface area contributed by atoms with Gasteiger partial charge in [0.05, 0.1) is 5.69 Å². The van der Waals surface area contributed by atoms with Crippen LogP contribution in [0, 0.1) is 12.8 Å². The number of hydrogen-bond acceptors (Lipinski definition) is 4. The fraction of sp³-hybridized carbons (Fsp3) is 0.409. The maximum atomic E-state index is 13.2. The van der Waals surface area contributed by atoms with Gasteiger partial charge >= 0.3 is 0 Å². The normalized spacial score (nSPS) is 19.7. The largest absolute Gasteiger partial charge is 0.353 e. The summed E-state index contributed by atoms with van der Waals surface area (Å²) in [6.07, 6.45) is 6.54. The minimum Gasteiger partial charge on any atom is -0.353 e. The molecule has 3 aromatic heterocycles. The lowest BCUT2D eigenvalue weighted by Crippen LogP contribution is -2.51. The molecule has 0 bridgehead atoms. The van der Waals surface area contributed by atoms with E-state index in [0.717, 1.165) is 62.6 Å². The lowest BCUT2D eigenvalue weighted by atomic mass is 9.88. The number of carbonyl (C=O) groups excluding carboxylic acids is 1. The Bertz CT molecular complexity index is 1000. The van der Waals surface area contributed by atoms with Crippen LogP contribution in [0.3, 0.4) is 0 Å². The van der Waals surface area contributed by atoms with Crippen LogP contribution in [0.15, 0.2) is 42.7 Å². The molecule has 0 spiro atoms. The first-order chi connectivity index (χ1) is 13.7. The number of amides is 1. The van der Waals surface area contributed by atoms with Crippen molar-refractivity contribution in [3.63, 3.8) is 0 Å². The van der Waals surface area contributed by atoms with Crippen molar-refractivity contribution in [2.45, 2.75) is 26.2 Å². The molecule has 0 aromatic carbocycles. The van der Waals surface area contributed by atoms with E-state index in [2.05, 4.69) is 39.5 Å². The highest BCUT2D eigenvalue weighted by Gasteiger charge is 2.32. The fourth-order valence-corrected chi connectivity index (χ4v) is 4.48. The number of hydrogen-bond donors (Lipinski definition) is 0. The van der Waals surface area contributed by atoms with Crippen molar-refractivity contribution in [2.24, 2.45) is 5.92 Å². The van der Waals surface area contributed by atoms with Crippen LogP contribution in [0.4, 0.5) is 5.82 Å². The van der Waals surface area contributed by atoms with Gasteiger partial charge in [0, 0.05) is 56.6 Å². The maximum Gasteiger partial charge on any atom is 0.226 e. The molecule has 0 radical (unpaired) electrons. The highest BCUT2D eigenvalue weighted by Crippen LogP contribution is 2.28. The zero-order chi connectivity index (χ0) is 19.1. The number of rotatable bonds is 2. The van der Waals surface area contributed by atoms with Gasteiger partial charge in [0.2, 0.25) is 5.91 Å². The van der Waals surface area contributed by atoms with Gasteiger partial charge in [0.25, 0.3) is 0 Å². The van der Waals surface area contributed by atoms with Crippen LogP contribution < -0.4 is 4.90 Å². The summed E-state index contributed by atoms with van der Waals surface area (Å²) in [5.74, 6) is 1.36. The van der Waals surface area contributed by atoms with Crippen LogP contribution in [-0.4, -0.2) is 51.4 Å². The smallest absolute Gasteiger partial charge is 0.226 e. The van der Waals surface area contributed by atoms with E-state index in [1.165, 1.54) is 11.3 Å². The maximum absolute atomic E-state index is 13.2. The van der Waals surface area contributed by atoms with E-state index < -0.39 is 0 Å². The summed E-state index contributed by atoms with van der Waals surface area (Å²) in [5, 5.41) is 0. The van der Waals surface area contributed by atoms with Gasteiger partial charge in [-0.2, -0.15) is 0 Å². The van der Waals surface area contributed by atoms with Gasteiger partial charge in [-0.1, -0.05) is 12.1 Å². The summed E-state index contributed by atoms with van der Waals surface area (Å²) < 4.78 is 2.18. The van der Waals surface area contributed by atoms with Gasteiger partial charge in [0.1, 0.15) is 11.5 Å². The number of carbonyl (C=O) groups is 1. The molecule has 144 valence electrons. The number of fused-ring (bicyclic) bond motifs is 3. The first-order valence-electron chi connectivity index (χ1n) is 10.1. The molecule has 1 aliphatic carbocycles. The van der Waals surface area contributed by atoms with E-state index in [0.29, 0.717) is 5.91 Å². The van der Waals surface area contributed by atoms with Crippen LogP contribution in [0.1, 0.15) is 23.4 Å². The molecule has 3 aromatic rings. The molecule has 6 heteroatoms. The molecule has 2 aliphatic rings. The molecule has 0 saturated carbocycles. The molecule has 1 unspecified atom stereocenters. The zero-order valence-corrected chi connectivity index (χ0v) is 16.2. The second-order valence-electron chi connectivity index (χ2n) is 7.88. The van der Waals surface area contributed by atoms with Crippen molar-refractivity contribution in [3.05, 3.63) is 59.7 Å². The Kier molecular flexibility index (Phi) is 4.26. The van der Waals surface area contributed by atoms with Gasteiger partial charge in [-0.15, -0.1) is 0 Å². The van der Waals surface area contributed by atoms with Gasteiger partial charge in [0.15, 0.2) is 0 Å². The predicted octanol–water partition coefficient (Wildman–Crippen LogP) is 2.49. The summed E-state index contributed by atoms with van der Waals surface area (Å²) in [6, 6.07) is 10.1. The molecule has 0 N–H and O–H groups in total. The van der Waals surface area contributed by atoms with Crippen molar-refractivity contribution < 1.29 is 4.79 Å². The van der Waals surface area contributed by atoms with Gasteiger partial charge in [-0.25, -0.2) is 9.97 Å². The van der Waals surface area contributed by atoms with Crippen molar-refractivity contribution in [1.29, 1.82) is 0 Å². The number of aryl methyl sites for hydroxylation is 2. The van der Waals surface area contributed by atoms with Gasteiger partial charge in [-0.05, 0) is 43.5 Å². The molecular formula is C22H25N5O. The Hall–Kier alpha value is -2.89.